The summed E-state index contributed by atoms with van der Waals surface area (Å²) in [5, 5.41) is 6.38. The number of para-hydroxylation sites is 1. The molecule has 0 saturated heterocycles. The zero-order valence-corrected chi connectivity index (χ0v) is 6.47. The molecule has 0 aliphatic heterocycles. The van der Waals surface area contributed by atoms with Crippen LogP contribution in [0.25, 0.3) is 10.9 Å². The Kier molecular flexibility index (Phi) is 1.58. The first kappa shape index (κ1) is 8.16. The Balaban J connectivity index is 2.75. The van der Waals surface area contributed by atoms with Crippen LogP contribution in [0, 0.1) is 0 Å². The van der Waals surface area contributed by atoms with Crippen molar-refractivity contribution in [1.82, 2.24) is 10.2 Å². The van der Waals surface area contributed by atoms with E-state index in [-0.39, 0.29) is 5.52 Å². The molecule has 0 amide bonds. The molecule has 1 aromatic carbocycles. The molecule has 1 N–H and O–H groups in total. The predicted octanol–water partition coefficient (Wildman–Crippen LogP) is 1.62. The maximum Gasteiger partial charge on any atom is 0.511 e. The molecule has 1 aromatic heterocycles. The lowest BCUT2D eigenvalue weighted by Crippen LogP contribution is -2.34. The molecule has 0 bridgehead atoms. The summed E-state index contributed by atoms with van der Waals surface area (Å²) in [6.45, 7) is -4.96. The molecule has 1 heterocycles. The third-order valence-electron chi connectivity index (χ3n) is 1.86. The summed E-state index contributed by atoms with van der Waals surface area (Å²) in [5.74, 6) is 0. The highest BCUT2D eigenvalue weighted by Crippen LogP contribution is 2.15. The van der Waals surface area contributed by atoms with Crippen LogP contribution in [0.5, 0.6) is 0 Å². The SMILES string of the molecule is F[B-](F)(F)c1cccc2cn[nH]c12. The van der Waals surface area contributed by atoms with Gasteiger partial charge in [-0.15, -0.1) is 0 Å². The van der Waals surface area contributed by atoms with Gasteiger partial charge in [-0.2, -0.15) is 5.10 Å². The van der Waals surface area contributed by atoms with Crippen LogP contribution in [0.4, 0.5) is 12.9 Å². The summed E-state index contributed by atoms with van der Waals surface area (Å²) < 4.78 is 37.2. The highest BCUT2D eigenvalue weighted by atomic mass is 19.4. The van der Waals surface area contributed by atoms with Crippen molar-refractivity contribution in [2.75, 3.05) is 0 Å². The second kappa shape index (κ2) is 2.51. The van der Waals surface area contributed by atoms with Crippen LogP contribution in [0.3, 0.4) is 0 Å². The molecule has 0 saturated carbocycles. The van der Waals surface area contributed by atoms with E-state index in [1.807, 2.05) is 0 Å². The molecule has 0 aliphatic rings. The van der Waals surface area contributed by atoms with Gasteiger partial charge in [0.1, 0.15) is 0 Å². The summed E-state index contributed by atoms with van der Waals surface area (Å²) in [7, 11) is 0. The Bertz CT molecular complexity index is 434. The molecule has 68 valence electrons. The van der Waals surface area contributed by atoms with Crippen molar-refractivity contribution in [3.05, 3.63) is 24.4 Å². The van der Waals surface area contributed by atoms with Crippen molar-refractivity contribution in [1.29, 1.82) is 0 Å². The molecule has 0 spiro atoms. The van der Waals surface area contributed by atoms with Gasteiger partial charge in [0.2, 0.25) is 0 Å². The average Bonchev–Trinajstić information content (AvgIpc) is 2.48. The standard InChI is InChI=1S/C7H5BF3N2/c9-8(10,11)6-3-1-2-5-4-12-13-7(5)6/h1-4H,(H,12,13)/q-1. The fourth-order valence-corrected chi connectivity index (χ4v) is 1.26. The molecule has 6 heteroatoms. The van der Waals surface area contributed by atoms with Gasteiger partial charge in [0.15, 0.2) is 0 Å². The number of aromatic amines is 1. The van der Waals surface area contributed by atoms with Crippen LogP contribution in [-0.4, -0.2) is 17.2 Å². The average molecular weight is 185 g/mol. The van der Waals surface area contributed by atoms with Gasteiger partial charge in [0.25, 0.3) is 0 Å². The lowest BCUT2D eigenvalue weighted by molar-refractivity contribution is 0.501. The van der Waals surface area contributed by atoms with Crippen LogP contribution >= 0.6 is 0 Å². The highest BCUT2D eigenvalue weighted by molar-refractivity contribution is 6.75. The van der Waals surface area contributed by atoms with E-state index in [1.165, 1.54) is 12.3 Å². The molecule has 0 unspecified atom stereocenters. The second-order valence-electron chi connectivity index (χ2n) is 2.76. The van der Waals surface area contributed by atoms with Gasteiger partial charge in [-0.1, -0.05) is 23.7 Å². The smallest absolute Gasteiger partial charge is 0.445 e. The third-order valence-corrected chi connectivity index (χ3v) is 1.86. The third kappa shape index (κ3) is 1.28. The van der Waals surface area contributed by atoms with Crippen LogP contribution in [0.1, 0.15) is 0 Å². The molecule has 0 aliphatic carbocycles. The van der Waals surface area contributed by atoms with Crippen LogP contribution in [0.2, 0.25) is 0 Å². The number of H-pyrrole nitrogens is 1. The van der Waals surface area contributed by atoms with E-state index in [4.69, 9.17) is 0 Å². The molecule has 2 nitrogen and oxygen atoms in total. The molecule has 0 radical (unpaired) electrons. The number of hydrogen-bond acceptors (Lipinski definition) is 1. The number of nitrogens with zero attached hydrogens (tertiary/aromatic N) is 1. The normalized spacial score (nSPS) is 12.2. The topological polar surface area (TPSA) is 28.7 Å². The molecular formula is C7H5BF3N2-. The summed E-state index contributed by atoms with van der Waals surface area (Å²) in [5.41, 5.74) is -0.551. The minimum atomic E-state index is -4.96. The van der Waals surface area contributed by atoms with Crippen molar-refractivity contribution in [3.63, 3.8) is 0 Å². The summed E-state index contributed by atoms with van der Waals surface area (Å²) in [6.07, 6.45) is 1.38. The maximum absolute atomic E-state index is 12.4. The summed E-state index contributed by atoms with van der Waals surface area (Å²) >= 11 is 0. The first-order chi connectivity index (χ1) is 6.09. The number of halogens is 3. The molecule has 13 heavy (non-hydrogen) atoms. The van der Waals surface area contributed by atoms with Crippen molar-refractivity contribution in [3.8, 4) is 0 Å². The number of aromatic nitrogens is 2. The van der Waals surface area contributed by atoms with E-state index in [1.54, 1.807) is 6.07 Å². The molecule has 2 aromatic rings. The zero-order chi connectivity index (χ0) is 9.47. The maximum atomic E-state index is 12.4. The monoisotopic (exact) mass is 185 g/mol. The Morgan fingerprint density at radius 1 is 1.23 bits per heavy atom. The number of fused-ring (bicyclic) bond motifs is 1. The van der Waals surface area contributed by atoms with Gasteiger partial charge in [0.05, 0.1) is 6.20 Å². The fourth-order valence-electron chi connectivity index (χ4n) is 1.26. The summed E-state index contributed by atoms with van der Waals surface area (Å²) in [6, 6.07) is 4.02. The first-order valence-corrected chi connectivity index (χ1v) is 3.71. The van der Waals surface area contributed by atoms with Gasteiger partial charge in [0, 0.05) is 10.9 Å². The lowest BCUT2D eigenvalue weighted by atomic mass is 9.79. The Labute approximate surface area is 71.8 Å². The first-order valence-electron chi connectivity index (χ1n) is 3.71. The number of rotatable bonds is 1. The number of hydrogen-bond donors (Lipinski definition) is 1. The van der Waals surface area contributed by atoms with E-state index >= 15 is 0 Å². The molecule has 0 atom stereocenters. The van der Waals surface area contributed by atoms with Gasteiger partial charge in [-0.25, -0.2) is 0 Å². The van der Waals surface area contributed by atoms with Gasteiger partial charge in [-0.3, -0.25) is 5.10 Å². The van der Waals surface area contributed by atoms with Gasteiger partial charge in [-0.05, 0) is 0 Å². The van der Waals surface area contributed by atoms with Gasteiger partial charge >= 0.3 is 6.98 Å². The van der Waals surface area contributed by atoms with Gasteiger partial charge < -0.3 is 12.9 Å². The minimum Gasteiger partial charge on any atom is -0.445 e. The Morgan fingerprint density at radius 3 is 2.69 bits per heavy atom. The summed E-state index contributed by atoms with van der Waals surface area (Å²) in [4.78, 5) is 0. The number of benzene rings is 1. The highest BCUT2D eigenvalue weighted by Gasteiger charge is 2.27. The van der Waals surface area contributed by atoms with Crippen LogP contribution < -0.4 is 5.46 Å². The Morgan fingerprint density at radius 2 is 2.00 bits per heavy atom. The van der Waals surface area contributed by atoms with E-state index in [0.717, 1.165) is 6.07 Å². The van der Waals surface area contributed by atoms with Crippen molar-refractivity contribution < 1.29 is 12.9 Å². The molecular weight excluding hydrogens is 180 g/mol. The van der Waals surface area contributed by atoms with E-state index in [0.29, 0.717) is 5.39 Å². The fraction of sp³-hybridized carbons (Fsp3) is 0. The predicted molar refractivity (Wildman–Crippen MR) is 44.8 cm³/mol. The number of nitrogens with one attached hydrogen (secondary N) is 1. The van der Waals surface area contributed by atoms with E-state index in [9.17, 15) is 12.9 Å². The van der Waals surface area contributed by atoms with Crippen molar-refractivity contribution >= 4 is 23.3 Å². The molecule has 0 fully saturated rings. The lowest BCUT2D eigenvalue weighted by Gasteiger charge is -2.14. The van der Waals surface area contributed by atoms with E-state index in [2.05, 4.69) is 10.2 Å². The quantitative estimate of drug-likeness (QED) is 0.671. The van der Waals surface area contributed by atoms with Crippen LogP contribution in [-0.2, 0) is 0 Å². The zero-order valence-electron chi connectivity index (χ0n) is 6.47. The van der Waals surface area contributed by atoms with Crippen molar-refractivity contribution in [2.24, 2.45) is 0 Å². The van der Waals surface area contributed by atoms with E-state index < -0.39 is 12.4 Å². The second-order valence-corrected chi connectivity index (χ2v) is 2.76. The Hall–Kier alpha value is -1.46. The molecule has 2 rings (SSSR count). The largest absolute Gasteiger partial charge is 0.511 e. The minimum absolute atomic E-state index is 0.0648. The van der Waals surface area contributed by atoms with Crippen LogP contribution in [0.15, 0.2) is 24.4 Å². The van der Waals surface area contributed by atoms with Crippen molar-refractivity contribution in [2.45, 2.75) is 0 Å².